The van der Waals surface area contributed by atoms with Crippen LogP contribution in [0.3, 0.4) is 0 Å². The number of carbonyl (C=O) groups excluding carboxylic acids is 2. The zero-order chi connectivity index (χ0) is 20.9. The van der Waals surface area contributed by atoms with Crippen molar-refractivity contribution >= 4 is 51.5 Å². The van der Waals surface area contributed by atoms with Gasteiger partial charge in [0.1, 0.15) is 12.4 Å². The summed E-state index contributed by atoms with van der Waals surface area (Å²) in [7, 11) is 0. The first-order valence-corrected chi connectivity index (χ1v) is 9.14. The molecule has 28 heavy (non-hydrogen) atoms. The molecule has 0 aliphatic heterocycles. The van der Waals surface area contributed by atoms with Gasteiger partial charge >= 0.3 is 0 Å². The van der Waals surface area contributed by atoms with Gasteiger partial charge in [0.25, 0.3) is 11.6 Å². The number of hydrogen-bond donors (Lipinski definition) is 3. The molecule has 0 fully saturated rings. The second-order valence-corrected chi connectivity index (χ2v) is 7.31. The first kappa shape index (κ1) is 21.6. The van der Waals surface area contributed by atoms with Gasteiger partial charge in [-0.15, -0.1) is 0 Å². The minimum absolute atomic E-state index is 0.0728. The van der Waals surface area contributed by atoms with E-state index in [1.165, 1.54) is 32.0 Å². The first-order valence-electron chi connectivity index (χ1n) is 8.07. The lowest BCUT2D eigenvalue weighted by Gasteiger charge is -2.22. The number of nitro benzene ring substituents is 1. The minimum Gasteiger partial charge on any atom is -0.490 e. The summed E-state index contributed by atoms with van der Waals surface area (Å²) in [5.41, 5.74) is -1.00. The maximum Gasteiger partial charge on any atom is 0.282 e. The van der Waals surface area contributed by atoms with E-state index < -0.39 is 16.4 Å². The van der Waals surface area contributed by atoms with Crippen molar-refractivity contribution in [1.29, 1.82) is 0 Å². The van der Waals surface area contributed by atoms with Gasteiger partial charge in [-0.25, -0.2) is 0 Å². The van der Waals surface area contributed by atoms with E-state index in [9.17, 15) is 24.8 Å². The van der Waals surface area contributed by atoms with Crippen LogP contribution in [0.5, 0.6) is 5.75 Å². The molecule has 9 nitrogen and oxygen atoms in total. The fraction of sp³-hybridized carbons (Fsp3) is 0.222. The SMILES string of the molecule is CC(=O)Nc1ccc(OC[C@](C)(O)C(=O)Nc2ccc([N+](=O)[O-])c([123I])c2)cc1. The maximum absolute atomic E-state index is 12.3. The molecule has 2 rings (SSSR count). The molecule has 10 heteroatoms. The summed E-state index contributed by atoms with van der Waals surface area (Å²) >= 11 is 1.80. The average molecular weight is 495 g/mol. The molecule has 2 amide bonds. The van der Waals surface area contributed by atoms with E-state index in [0.29, 0.717) is 20.7 Å². The van der Waals surface area contributed by atoms with Crippen LogP contribution >= 0.6 is 22.6 Å². The Labute approximate surface area is 174 Å². The van der Waals surface area contributed by atoms with Gasteiger partial charge in [0.05, 0.1) is 8.49 Å². The molecule has 0 saturated heterocycles. The van der Waals surface area contributed by atoms with Gasteiger partial charge < -0.3 is 20.5 Å². The normalized spacial score (nSPS) is 12.6. The number of amides is 2. The summed E-state index contributed by atoms with van der Waals surface area (Å²) in [4.78, 5) is 33.7. The molecule has 0 radical (unpaired) electrons. The Bertz CT molecular complexity index is 899. The molecule has 0 aliphatic carbocycles. The van der Waals surface area contributed by atoms with Gasteiger partial charge in [0, 0.05) is 24.4 Å². The Morgan fingerprint density at radius 1 is 1.18 bits per heavy atom. The number of nitrogens with one attached hydrogen (secondary N) is 2. The summed E-state index contributed by atoms with van der Waals surface area (Å²) in [6.45, 7) is 2.37. The number of halogens is 1. The molecule has 0 spiro atoms. The molecule has 0 heterocycles. The number of aliphatic hydroxyl groups is 1. The van der Waals surface area contributed by atoms with Crippen molar-refractivity contribution in [2.45, 2.75) is 19.4 Å². The second kappa shape index (κ2) is 8.97. The number of rotatable bonds is 7. The third-order valence-electron chi connectivity index (χ3n) is 3.59. The average Bonchev–Trinajstić information content (AvgIpc) is 2.60. The Balaban J connectivity index is 1.98. The second-order valence-electron chi connectivity index (χ2n) is 6.15. The van der Waals surface area contributed by atoms with E-state index in [4.69, 9.17) is 4.74 Å². The molecule has 0 aliphatic rings. The van der Waals surface area contributed by atoms with Gasteiger partial charge in [0.15, 0.2) is 5.60 Å². The highest BCUT2D eigenvalue weighted by Gasteiger charge is 2.31. The van der Waals surface area contributed by atoms with Crippen LogP contribution in [0.4, 0.5) is 17.1 Å². The van der Waals surface area contributed by atoms with E-state index in [-0.39, 0.29) is 18.2 Å². The fourth-order valence-electron chi connectivity index (χ4n) is 2.13. The standard InChI is InChI=1S/C18H18IN3O6/c1-11(23)20-12-3-6-14(7-4-12)28-10-18(2,25)17(24)21-13-5-8-16(22(26)27)15(19)9-13/h3-9,25H,10H2,1-2H3,(H,20,23)(H,21,24)/t18-/m0/s1/i19-4. The zero-order valence-electron chi connectivity index (χ0n) is 15.1. The Hall–Kier alpha value is -2.73. The number of nitrogens with zero attached hydrogens (tertiary/aromatic N) is 1. The van der Waals surface area contributed by atoms with Crippen molar-refractivity contribution in [1.82, 2.24) is 0 Å². The van der Waals surface area contributed by atoms with Gasteiger partial charge in [-0.05, 0) is 65.9 Å². The van der Waals surface area contributed by atoms with Gasteiger partial charge in [0.2, 0.25) is 5.91 Å². The molecular formula is C18H18IN3O6. The molecule has 2 aromatic carbocycles. The number of ether oxygens (including phenoxy) is 1. The number of hydrogen-bond acceptors (Lipinski definition) is 6. The van der Waals surface area contributed by atoms with E-state index >= 15 is 0 Å². The summed E-state index contributed by atoms with van der Waals surface area (Å²) in [5.74, 6) is -0.506. The number of carbonyl (C=O) groups is 2. The van der Waals surface area contributed by atoms with Gasteiger partial charge in [-0.2, -0.15) is 0 Å². The molecule has 1 atom stereocenters. The molecule has 0 bridgehead atoms. The summed E-state index contributed by atoms with van der Waals surface area (Å²) in [6.07, 6.45) is 0. The van der Waals surface area contributed by atoms with Crippen LogP contribution in [0.1, 0.15) is 13.8 Å². The predicted molar refractivity (Wildman–Crippen MR) is 111 cm³/mol. The highest BCUT2D eigenvalue weighted by molar-refractivity contribution is 14.1. The van der Waals surface area contributed by atoms with Gasteiger partial charge in [-0.3, -0.25) is 19.7 Å². The van der Waals surface area contributed by atoms with Crippen LogP contribution in [0.2, 0.25) is 0 Å². The van der Waals surface area contributed by atoms with Crippen molar-refractivity contribution in [2.75, 3.05) is 17.2 Å². The Morgan fingerprint density at radius 2 is 1.79 bits per heavy atom. The third kappa shape index (κ3) is 5.89. The van der Waals surface area contributed by atoms with E-state index in [1.807, 2.05) is 0 Å². The van der Waals surface area contributed by atoms with Gasteiger partial charge in [-0.1, -0.05) is 0 Å². The quantitative estimate of drug-likeness (QED) is 0.308. The number of benzene rings is 2. The fourth-order valence-corrected chi connectivity index (χ4v) is 2.84. The molecule has 2 aromatic rings. The van der Waals surface area contributed by atoms with Crippen LogP contribution in [-0.2, 0) is 9.59 Å². The van der Waals surface area contributed by atoms with Crippen molar-refractivity contribution in [3.05, 3.63) is 56.1 Å². The third-order valence-corrected chi connectivity index (χ3v) is 4.45. The van der Waals surface area contributed by atoms with Crippen molar-refractivity contribution < 1.29 is 24.4 Å². The monoisotopic (exact) mass is 495 g/mol. The lowest BCUT2D eigenvalue weighted by Crippen LogP contribution is -2.45. The molecule has 3 N–H and O–H groups in total. The van der Waals surface area contributed by atoms with Crippen LogP contribution in [0, 0.1) is 13.7 Å². The van der Waals surface area contributed by atoms with Crippen molar-refractivity contribution in [3.63, 3.8) is 0 Å². The molecule has 0 unspecified atom stereocenters. The van der Waals surface area contributed by atoms with Crippen molar-refractivity contribution in [3.8, 4) is 5.75 Å². The molecule has 0 saturated carbocycles. The number of anilines is 2. The summed E-state index contributed by atoms with van der Waals surface area (Å²) < 4.78 is 5.81. The van der Waals surface area contributed by atoms with Crippen LogP contribution in [0.25, 0.3) is 0 Å². The topological polar surface area (TPSA) is 131 Å². The largest absolute Gasteiger partial charge is 0.490 e. The maximum atomic E-state index is 12.3. The Kier molecular flexibility index (Phi) is 6.91. The molecule has 0 aromatic heterocycles. The van der Waals surface area contributed by atoms with E-state index in [2.05, 4.69) is 10.6 Å². The highest BCUT2D eigenvalue weighted by atomic mass is 123. The highest BCUT2D eigenvalue weighted by Crippen LogP contribution is 2.25. The minimum atomic E-state index is -1.84. The predicted octanol–water partition coefficient (Wildman–Crippen LogP) is 2.93. The van der Waals surface area contributed by atoms with Crippen LogP contribution < -0.4 is 15.4 Å². The van der Waals surface area contributed by atoms with Crippen molar-refractivity contribution in [2.24, 2.45) is 0 Å². The lowest BCUT2D eigenvalue weighted by atomic mass is 10.1. The van der Waals surface area contributed by atoms with Crippen LogP contribution in [0.15, 0.2) is 42.5 Å². The first-order chi connectivity index (χ1) is 13.1. The number of nitro groups is 1. The smallest absolute Gasteiger partial charge is 0.282 e. The lowest BCUT2D eigenvalue weighted by molar-refractivity contribution is -0.385. The van der Waals surface area contributed by atoms with E-state index in [0.717, 1.165) is 0 Å². The Morgan fingerprint density at radius 3 is 2.32 bits per heavy atom. The van der Waals surface area contributed by atoms with Crippen LogP contribution in [-0.4, -0.2) is 34.1 Å². The summed E-state index contributed by atoms with van der Waals surface area (Å²) in [5, 5.41) is 26.4. The van der Waals surface area contributed by atoms with E-state index in [1.54, 1.807) is 46.9 Å². The zero-order valence-corrected chi connectivity index (χ0v) is 17.2. The molecule has 148 valence electrons. The summed E-state index contributed by atoms with van der Waals surface area (Å²) in [6, 6.07) is 10.5. The molecular weight excluding hydrogens is 477 g/mol.